The molecule has 0 N–H and O–H groups in total. The number of nitrogens with zero attached hydrogens (tertiary/aromatic N) is 1. The predicted octanol–water partition coefficient (Wildman–Crippen LogP) is 5.25. The molecule has 1 amide bonds. The number of hydrogen-bond donors (Lipinski definition) is 0. The molecule has 0 aliphatic carbocycles. The van der Waals surface area contributed by atoms with Gasteiger partial charge in [-0.3, -0.25) is 4.90 Å². The van der Waals surface area contributed by atoms with Gasteiger partial charge in [0.05, 0.1) is 6.04 Å². The molecule has 2 heterocycles. The van der Waals surface area contributed by atoms with E-state index in [1.54, 1.807) is 0 Å². The van der Waals surface area contributed by atoms with Crippen molar-refractivity contribution in [3.8, 4) is 0 Å². The van der Waals surface area contributed by atoms with E-state index in [2.05, 4.69) is 38.1 Å². The summed E-state index contributed by atoms with van der Waals surface area (Å²) in [6, 6.07) is 7.09. The van der Waals surface area contributed by atoms with Crippen LogP contribution in [0.2, 0.25) is 0 Å². The maximum absolute atomic E-state index is 12.7. The predicted molar refractivity (Wildman–Crippen MR) is 98.0 cm³/mol. The lowest BCUT2D eigenvalue weighted by atomic mass is 9.82. The molecule has 0 aromatic heterocycles. The molecule has 0 radical (unpaired) electrons. The third-order valence-electron chi connectivity index (χ3n) is 4.97. The Hall–Kier alpha value is -1.77. The van der Waals surface area contributed by atoms with Crippen LogP contribution in [0.5, 0.6) is 0 Å². The Bertz CT molecular complexity index is 669. The third-order valence-corrected chi connectivity index (χ3v) is 4.97. The number of carbonyl (C=O) groups is 1. The summed E-state index contributed by atoms with van der Waals surface area (Å²) in [7, 11) is 0. The van der Waals surface area contributed by atoms with Crippen LogP contribution in [0.15, 0.2) is 24.3 Å². The molecular weight excluding hydrogens is 298 g/mol. The molecule has 2 aliphatic heterocycles. The zero-order chi connectivity index (χ0) is 17.5. The summed E-state index contributed by atoms with van der Waals surface area (Å²) in [5, 5.41) is 0. The van der Waals surface area contributed by atoms with Crippen LogP contribution in [0, 0.1) is 13.8 Å². The zero-order valence-electron chi connectivity index (χ0n) is 15.6. The van der Waals surface area contributed by atoms with Gasteiger partial charge in [0.25, 0.3) is 0 Å². The second kappa shape index (κ2) is 6.27. The van der Waals surface area contributed by atoms with Crippen molar-refractivity contribution < 1.29 is 9.53 Å². The fourth-order valence-corrected chi connectivity index (χ4v) is 4.00. The number of ether oxygens (including phenoxy) is 1. The van der Waals surface area contributed by atoms with Crippen molar-refractivity contribution in [1.82, 2.24) is 4.90 Å². The van der Waals surface area contributed by atoms with Gasteiger partial charge >= 0.3 is 6.09 Å². The molecule has 2 aliphatic rings. The first kappa shape index (κ1) is 17.1. The fourth-order valence-electron chi connectivity index (χ4n) is 4.00. The maximum atomic E-state index is 12.7. The van der Waals surface area contributed by atoms with E-state index < -0.39 is 5.60 Å². The minimum absolute atomic E-state index is 0.159. The number of carbonyl (C=O) groups excluding carboxylic acids is 1. The summed E-state index contributed by atoms with van der Waals surface area (Å²) in [5.74, 6) is 0. The smallest absolute Gasteiger partial charge is 0.411 e. The lowest BCUT2D eigenvalue weighted by Gasteiger charge is -2.45. The normalized spacial score (nSPS) is 23.7. The minimum Gasteiger partial charge on any atom is -0.444 e. The van der Waals surface area contributed by atoms with Crippen molar-refractivity contribution in [1.29, 1.82) is 0 Å². The number of aryl methyl sites for hydroxylation is 2. The monoisotopic (exact) mass is 327 g/mol. The summed E-state index contributed by atoms with van der Waals surface area (Å²) < 4.78 is 5.65. The van der Waals surface area contributed by atoms with Gasteiger partial charge in [0.2, 0.25) is 0 Å². The Labute approximate surface area is 145 Å². The van der Waals surface area contributed by atoms with Crippen LogP contribution >= 0.6 is 0 Å². The van der Waals surface area contributed by atoms with Gasteiger partial charge in [-0.05, 0) is 77.0 Å². The largest absolute Gasteiger partial charge is 0.444 e. The van der Waals surface area contributed by atoms with E-state index in [1.165, 1.54) is 28.7 Å². The van der Waals surface area contributed by atoms with Crippen LogP contribution in [-0.2, 0) is 4.74 Å². The van der Waals surface area contributed by atoms with Gasteiger partial charge in [-0.1, -0.05) is 29.8 Å². The molecule has 2 atom stereocenters. The van der Waals surface area contributed by atoms with Crippen molar-refractivity contribution >= 4 is 11.7 Å². The minimum atomic E-state index is -0.442. The summed E-state index contributed by atoms with van der Waals surface area (Å²) in [4.78, 5) is 14.6. The molecule has 24 heavy (non-hydrogen) atoms. The average Bonchev–Trinajstić information content (AvgIpc) is 2.44. The van der Waals surface area contributed by atoms with E-state index in [0.717, 1.165) is 19.3 Å². The van der Waals surface area contributed by atoms with E-state index >= 15 is 0 Å². The summed E-state index contributed by atoms with van der Waals surface area (Å²) in [6.07, 6.45) is 6.36. The molecule has 2 bridgehead atoms. The molecule has 3 rings (SSSR count). The number of fused-ring (bicyclic) bond motifs is 2. The summed E-state index contributed by atoms with van der Waals surface area (Å²) >= 11 is 0. The van der Waals surface area contributed by atoms with Crippen LogP contribution in [0.4, 0.5) is 4.79 Å². The Morgan fingerprint density at radius 2 is 1.96 bits per heavy atom. The van der Waals surface area contributed by atoms with Gasteiger partial charge in [0.1, 0.15) is 5.60 Å². The number of rotatable bonds is 1. The van der Waals surface area contributed by atoms with Crippen molar-refractivity contribution in [2.24, 2.45) is 0 Å². The van der Waals surface area contributed by atoms with Crippen LogP contribution in [0.25, 0.3) is 5.57 Å². The van der Waals surface area contributed by atoms with Crippen LogP contribution in [-0.4, -0.2) is 28.7 Å². The Kier molecular flexibility index (Phi) is 4.46. The average molecular weight is 327 g/mol. The van der Waals surface area contributed by atoms with E-state index in [0.29, 0.717) is 0 Å². The van der Waals surface area contributed by atoms with E-state index in [4.69, 9.17) is 4.74 Å². The standard InChI is InChI=1S/C21H29NO2/c1-14-9-10-19(15(2)11-14)16-12-17-7-6-8-18(13-16)22(17)20(23)24-21(3,4)5/h9-12,17-18H,6-8,13H2,1-5H3. The van der Waals surface area contributed by atoms with Gasteiger partial charge in [-0.2, -0.15) is 0 Å². The SMILES string of the molecule is Cc1ccc(C2=CC3CCCC(C2)N3C(=O)OC(C)(C)C)c(C)c1. The van der Waals surface area contributed by atoms with Crippen molar-refractivity contribution in [2.75, 3.05) is 0 Å². The third kappa shape index (κ3) is 3.50. The molecule has 0 spiro atoms. The quantitative estimate of drug-likeness (QED) is 0.705. The number of benzene rings is 1. The van der Waals surface area contributed by atoms with Crippen molar-refractivity contribution in [2.45, 2.75) is 78.0 Å². The first-order valence-corrected chi connectivity index (χ1v) is 9.04. The van der Waals surface area contributed by atoms with Crippen molar-refractivity contribution in [3.63, 3.8) is 0 Å². The highest BCUT2D eigenvalue weighted by Gasteiger charge is 2.39. The fraction of sp³-hybridized carbons (Fsp3) is 0.571. The molecule has 1 fully saturated rings. The van der Waals surface area contributed by atoms with Gasteiger partial charge in [0.15, 0.2) is 0 Å². The molecule has 2 unspecified atom stereocenters. The van der Waals surface area contributed by atoms with Crippen LogP contribution in [0.3, 0.4) is 0 Å². The topological polar surface area (TPSA) is 29.5 Å². The van der Waals surface area contributed by atoms with Gasteiger partial charge < -0.3 is 4.74 Å². The highest BCUT2D eigenvalue weighted by molar-refractivity contribution is 5.75. The Balaban J connectivity index is 1.88. The van der Waals surface area contributed by atoms with Gasteiger partial charge in [-0.15, -0.1) is 0 Å². The van der Waals surface area contributed by atoms with Crippen LogP contribution in [0.1, 0.15) is 63.1 Å². The molecule has 130 valence electrons. The maximum Gasteiger partial charge on any atom is 0.411 e. The molecule has 1 aromatic carbocycles. The lowest BCUT2D eigenvalue weighted by molar-refractivity contribution is 0.0000862. The Morgan fingerprint density at radius 1 is 1.21 bits per heavy atom. The first-order valence-electron chi connectivity index (χ1n) is 9.04. The molecular formula is C21H29NO2. The number of amides is 1. The van der Waals surface area contributed by atoms with E-state index in [9.17, 15) is 4.79 Å². The second-order valence-electron chi connectivity index (χ2n) is 8.25. The number of piperidine rings is 1. The highest BCUT2D eigenvalue weighted by Crippen LogP contribution is 2.38. The molecule has 0 saturated carbocycles. The number of hydrogen-bond acceptors (Lipinski definition) is 2. The lowest BCUT2D eigenvalue weighted by Crippen LogP contribution is -2.53. The van der Waals surface area contributed by atoms with E-state index in [1.807, 2.05) is 25.7 Å². The Morgan fingerprint density at radius 3 is 2.58 bits per heavy atom. The second-order valence-corrected chi connectivity index (χ2v) is 8.25. The van der Waals surface area contributed by atoms with Gasteiger partial charge in [0, 0.05) is 6.04 Å². The molecule has 1 aromatic rings. The summed E-state index contributed by atoms with van der Waals surface area (Å²) in [6.45, 7) is 10.1. The van der Waals surface area contributed by atoms with Crippen molar-refractivity contribution in [3.05, 3.63) is 41.0 Å². The van der Waals surface area contributed by atoms with Gasteiger partial charge in [-0.25, -0.2) is 4.79 Å². The van der Waals surface area contributed by atoms with E-state index in [-0.39, 0.29) is 18.2 Å². The first-order chi connectivity index (χ1) is 11.2. The molecule has 1 saturated heterocycles. The molecule has 3 heteroatoms. The summed E-state index contributed by atoms with van der Waals surface area (Å²) in [5.41, 5.74) is 4.90. The zero-order valence-corrected chi connectivity index (χ0v) is 15.6. The van der Waals surface area contributed by atoms with Crippen LogP contribution < -0.4 is 0 Å². The highest BCUT2D eigenvalue weighted by atomic mass is 16.6. The molecule has 3 nitrogen and oxygen atoms in total.